The van der Waals surface area contributed by atoms with Crippen molar-refractivity contribution in [2.75, 3.05) is 5.75 Å². The number of benzene rings is 2. The molecule has 1 heterocycles. The number of carbonyl (C=O) groups excluding carboxylic acids is 2. The molecule has 0 radical (unpaired) electrons. The van der Waals surface area contributed by atoms with Crippen molar-refractivity contribution >= 4 is 29.1 Å². The van der Waals surface area contributed by atoms with Gasteiger partial charge < -0.3 is 0 Å². The Balaban J connectivity index is 1.98. The van der Waals surface area contributed by atoms with E-state index in [4.69, 9.17) is 0 Å². The average molecular weight is 355 g/mol. The van der Waals surface area contributed by atoms with Gasteiger partial charge in [0, 0.05) is 5.56 Å². The minimum Gasteiger partial charge on any atom is -0.269 e. The van der Waals surface area contributed by atoms with Gasteiger partial charge in [-0.05, 0) is 24.3 Å². The van der Waals surface area contributed by atoms with Gasteiger partial charge in [0.25, 0.3) is 11.8 Å². The van der Waals surface area contributed by atoms with Crippen molar-refractivity contribution in [3.8, 4) is 0 Å². The number of halogens is 1. The average Bonchev–Trinajstić information content (AvgIpc) is 2.83. The number of aryl methyl sites for hydroxylation is 1. The van der Waals surface area contributed by atoms with Crippen LogP contribution < -0.4 is 0 Å². The van der Waals surface area contributed by atoms with Crippen LogP contribution in [0.25, 0.3) is 5.57 Å². The second-order valence-electron chi connectivity index (χ2n) is 5.79. The van der Waals surface area contributed by atoms with Crippen LogP contribution in [-0.4, -0.2) is 22.5 Å². The standard InChI is InChI=1S/C20H18FNO2S/c1-3-25-18-17(14-10-8-13(2)9-11-14)19(23)22(20(18)24)12-15-6-4-5-7-16(15)21/h4-11H,3,12H2,1-2H3. The summed E-state index contributed by atoms with van der Waals surface area (Å²) in [5, 5.41) is 0. The van der Waals surface area contributed by atoms with E-state index in [1.54, 1.807) is 18.2 Å². The van der Waals surface area contributed by atoms with E-state index in [0.717, 1.165) is 16.0 Å². The van der Waals surface area contributed by atoms with E-state index in [1.807, 2.05) is 38.1 Å². The maximum atomic E-state index is 13.9. The van der Waals surface area contributed by atoms with Crippen LogP contribution in [0.15, 0.2) is 53.4 Å². The smallest absolute Gasteiger partial charge is 0.268 e. The summed E-state index contributed by atoms with van der Waals surface area (Å²) in [7, 11) is 0. The molecule has 3 rings (SSSR count). The first kappa shape index (κ1) is 17.4. The highest BCUT2D eigenvalue weighted by Gasteiger charge is 2.39. The molecule has 0 aliphatic carbocycles. The lowest BCUT2D eigenvalue weighted by Gasteiger charge is -2.15. The molecule has 1 aliphatic rings. The third-order valence-corrected chi connectivity index (χ3v) is 5.00. The van der Waals surface area contributed by atoms with Crippen molar-refractivity contribution in [1.29, 1.82) is 0 Å². The summed E-state index contributed by atoms with van der Waals surface area (Å²) in [5.74, 6) is -0.461. The normalized spacial score (nSPS) is 14.6. The minimum absolute atomic E-state index is 0.0620. The van der Waals surface area contributed by atoms with Gasteiger partial charge in [0.2, 0.25) is 0 Å². The summed E-state index contributed by atoms with van der Waals surface area (Å²) >= 11 is 1.35. The summed E-state index contributed by atoms with van der Waals surface area (Å²) < 4.78 is 13.9. The van der Waals surface area contributed by atoms with Crippen LogP contribution in [0, 0.1) is 12.7 Å². The maximum Gasteiger partial charge on any atom is 0.268 e. The van der Waals surface area contributed by atoms with Gasteiger partial charge in [-0.25, -0.2) is 4.39 Å². The molecule has 0 saturated heterocycles. The Morgan fingerprint density at radius 1 is 1.00 bits per heavy atom. The zero-order valence-corrected chi connectivity index (χ0v) is 14.9. The second-order valence-corrected chi connectivity index (χ2v) is 7.07. The summed E-state index contributed by atoms with van der Waals surface area (Å²) in [4.78, 5) is 27.3. The van der Waals surface area contributed by atoms with Gasteiger partial charge in [-0.2, -0.15) is 0 Å². The van der Waals surface area contributed by atoms with E-state index in [9.17, 15) is 14.0 Å². The molecular weight excluding hydrogens is 337 g/mol. The Morgan fingerprint density at radius 2 is 1.68 bits per heavy atom. The molecule has 2 aromatic rings. The molecule has 128 valence electrons. The number of thioether (sulfide) groups is 1. The number of nitrogens with zero attached hydrogens (tertiary/aromatic N) is 1. The van der Waals surface area contributed by atoms with Gasteiger partial charge in [-0.1, -0.05) is 55.0 Å². The molecule has 0 unspecified atom stereocenters. The Morgan fingerprint density at radius 3 is 2.32 bits per heavy atom. The zero-order valence-electron chi connectivity index (χ0n) is 14.1. The summed E-state index contributed by atoms with van der Waals surface area (Å²) in [6, 6.07) is 13.7. The van der Waals surface area contributed by atoms with Crippen LogP contribution in [0.1, 0.15) is 23.6 Å². The predicted molar refractivity (Wildman–Crippen MR) is 98.2 cm³/mol. The third-order valence-electron chi connectivity index (χ3n) is 4.04. The topological polar surface area (TPSA) is 37.4 Å². The molecular formula is C20H18FNO2S. The molecule has 1 aliphatic heterocycles. The van der Waals surface area contributed by atoms with E-state index in [-0.39, 0.29) is 18.4 Å². The van der Waals surface area contributed by atoms with Gasteiger partial charge >= 0.3 is 0 Å². The van der Waals surface area contributed by atoms with Gasteiger partial charge in [0.1, 0.15) is 5.82 Å². The van der Waals surface area contributed by atoms with Gasteiger partial charge in [-0.3, -0.25) is 14.5 Å². The lowest BCUT2D eigenvalue weighted by molar-refractivity contribution is -0.137. The van der Waals surface area contributed by atoms with Crippen LogP contribution in [0.3, 0.4) is 0 Å². The predicted octanol–water partition coefficient (Wildman–Crippen LogP) is 4.17. The third kappa shape index (κ3) is 3.37. The molecule has 3 nitrogen and oxygen atoms in total. The molecule has 2 aromatic carbocycles. The van der Waals surface area contributed by atoms with Crippen LogP contribution in [0.4, 0.5) is 4.39 Å². The number of hydrogen-bond donors (Lipinski definition) is 0. The first-order valence-corrected chi connectivity index (χ1v) is 9.05. The Bertz CT molecular complexity index is 858. The number of amides is 2. The van der Waals surface area contributed by atoms with Crippen LogP contribution in [0.2, 0.25) is 0 Å². The quantitative estimate of drug-likeness (QED) is 0.756. The number of imide groups is 1. The Labute approximate surface area is 150 Å². The first-order chi connectivity index (χ1) is 12.0. The highest BCUT2D eigenvalue weighted by Crippen LogP contribution is 2.36. The molecule has 0 spiro atoms. The largest absolute Gasteiger partial charge is 0.269 e. The van der Waals surface area contributed by atoms with Crippen molar-refractivity contribution < 1.29 is 14.0 Å². The van der Waals surface area contributed by atoms with Crippen molar-refractivity contribution in [2.45, 2.75) is 20.4 Å². The Hall–Kier alpha value is -2.40. The fourth-order valence-electron chi connectivity index (χ4n) is 2.75. The summed E-state index contributed by atoms with van der Waals surface area (Å²) in [6.07, 6.45) is 0. The van der Waals surface area contributed by atoms with E-state index < -0.39 is 5.82 Å². The SMILES string of the molecule is CCSC1=C(c2ccc(C)cc2)C(=O)N(Cc2ccccc2F)C1=O. The highest BCUT2D eigenvalue weighted by atomic mass is 32.2. The van der Waals surface area contributed by atoms with Gasteiger partial charge in [0.05, 0.1) is 17.0 Å². The van der Waals surface area contributed by atoms with E-state index >= 15 is 0 Å². The van der Waals surface area contributed by atoms with Crippen LogP contribution >= 0.6 is 11.8 Å². The van der Waals surface area contributed by atoms with E-state index in [0.29, 0.717) is 21.8 Å². The molecule has 0 fully saturated rings. The van der Waals surface area contributed by atoms with Crippen molar-refractivity contribution in [2.24, 2.45) is 0 Å². The summed E-state index contributed by atoms with van der Waals surface area (Å²) in [6.45, 7) is 3.83. The fraction of sp³-hybridized carbons (Fsp3) is 0.200. The monoisotopic (exact) mass is 355 g/mol. The van der Waals surface area contributed by atoms with Gasteiger partial charge in [-0.15, -0.1) is 11.8 Å². The number of carbonyl (C=O) groups is 2. The molecule has 0 N–H and O–H groups in total. The molecule has 0 bridgehead atoms. The number of rotatable bonds is 5. The van der Waals surface area contributed by atoms with Crippen molar-refractivity contribution in [3.05, 3.63) is 75.9 Å². The van der Waals surface area contributed by atoms with Crippen molar-refractivity contribution in [3.63, 3.8) is 0 Å². The summed E-state index contributed by atoms with van der Waals surface area (Å²) in [5.41, 5.74) is 2.54. The molecule has 25 heavy (non-hydrogen) atoms. The molecule has 0 aromatic heterocycles. The molecule has 5 heteroatoms. The highest BCUT2D eigenvalue weighted by molar-refractivity contribution is 8.04. The van der Waals surface area contributed by atoms with Crippen LogP contribution in [0.5, 0.6) is 0 Å². The number of hydrogen-bond acceptors (Lipinski definition) is 3. The lowest BCUT2D eigenvalue weighted by Crippen LogP contribution is -2.31. The van der Waals surface area contributed by atoms with Gasteiger partial charge in [0.15, 0.2) is 0 Å². The van der Waals surface area contributed by atoms with E-state index in [2.05, 4.69) is 0 Å². The Kier molecular flexibility index (Phi) is 5.04. The molecule has 2 amide bonds. The minimum atomic E-state index is -0.420. The lowest BCUT2D eigenvalue weighted by atomic mass is 10.0. The molecule has 0 atom stereocenters. The maximum absolute atomic E-state index is 13.9. The fourth-order valence-corrected chi connectivity index (χ4v) is 3.62. The van der Waals surface area contributed by atoms with E-state index in [1.165, 1.54) is 17.8 Å². The van der Waals surface area contributed by atoms with Crippen LogP contribution in [-0.2, 0) is 16.1 Å². The second kappa shape index (κ2) is 7.23. The first-order valence-electron chi connectivity index (χ1n) is 8.06. The molecule has 0 saturated carbocycles. The zero-order chi connectivity index (χ0) is 18.0. The van der Waals surface area contributed by atoms with Crippen molar-refractivity contribution in [1.82, 2.24) is 4.90 Å².